The molecule has 3 N–H and O–H groups in total. The summed E-state index contributed by atoms with van der Waals surface area (Å²) in [7, 11) is 0. The lowest BCUT2D eigenvalue weighted by atomic mass is 10.1. The Kier molecular flexibility index (Phi) is 6.44. The van der Waals surface area contributed by atoms with Gasteiger partial charge >= 0.3 is 0 Å². The maximum absolute atomic E-state index is 12.8. The zero-order valence-electron chi connectivity index (χ0n) is 15.7. The minimum Gasteiger partial charge on any atom is -0.396 e. The van der Waals surface area contributed by atoms with Gasteiger partial charge in [-0.15, -0.1) is 0 Å². The fraction of sp³-hybridized carbons (Fsp3) is 0.286. The monoisotopic (exact) mass is 398 g/mol. The van der Waals surface area contributed by atoms with Crippen molar-refractivity contribution >= 4 is 23.4 Å². The molecule has 1 atom stereocenters. The highest BCUT2D eigenvalue weighted by Gasteiger charge is 2.28. The predicted molar refractivity (Wildman–Crippen MR) is 111 cm³/mol. The minimum atomic E-state index is -0.304. The third kappa shape index (κ3) is 5.41. The summed E-state index contributed by atoms with van der Waals surface area (Å²) >= 11 is 6.06. The van der Waals surface area contributed by atoms with Gasteiger partial charge in [-0.2, -0.15) is 5.90 Å². The number of nitrogens with zero attached hydrogens (tertiary/aromatic N) is 2. The molecule has 1 heterocycles. The maximum atomic E-state index is 12.8. The van der Waals surface area contributed by atoms with Crippen molar-refractivity contribution in [3.8, 4) is 11.3 Å². The topological polar surface area (TPSA) is 89.6 Å². The normalized spacial score (nSPS) is 15.0. The van der Waals surface area contributed by atoms with Crippen molar-refractivity contribution in [1.82, 2.24) is 10.3 Å². The molecule has 0 aliphatic heterocycles. The van der Waals surface area contributed by atoms with Gasteiger partial charge in [0, 0.05) is 17.5 Å². The highest BCUT2D eigenvalue weighted by atomic mass is 35.5. The van der Waals surface area contributed by atoms with E-state index in [9.17, 15) is 4.79 Å². The van der Waals surface area contributed by atoms with E-state index in [0.29, 0.717) is 33.9 Å². The van der Waals surface area contributed by atoms with Crippen LogP contribution in [-0.2, 0) is 4.84 Å². The van der Waals surface area contributed by atoms with Gasteiger partial charge in [-0.1, -0.05) is 49.2 Å². The van der Waals surface area contributed by atoms with E-state index in [1.54, 1.807) is 25.1 Å². The summed E-state index contributed by atoms with van der Waals surface area (Å²) < 4.78 is 0. The van der Waals surface area contributed by atoms with Crippen molar-refractivity contribution in [3.05, 3.63) is 65.5 Å². The average molecular weight is 399 g/mol. The van der Waals surface area contributed by atoms with E-state index >= 15 is 0 Å². The Morgan fingerprint density at radius 2 is 2.14 bits per heavy atom. The number of aromatic nitrogens is 1. The molecule has 28 heavy (non-hydrogen) atoms. The molecule has 1 fully saturated rings. The summed E-state index contributed by atoms with van der Waals surface area (Å²) in [5.74, 6) is 5.71. The molecule has 0 radical (unpaired) electrons. The number of hydrogen-bond acceptors (Lipinski definition) is 5. The van der Waals surface area contributed by atoms with E-state index in [1.807, 2.05) is 24.3 Å². The number of hydrogen-bond donors (Lipinski definition) is 2. The van der Waals surface area contributed by atoms with Crippen LogP contribution in [0, 0.1) is 5.92 Å². The van der Waals surface area contributed by atoms with Gasteiger partial charge in [0.05, 0.1) is 17.4 Å². The van der Waals surface area contributed by atoms with Crippen molar-refractivity contribution in [2.24, 2.45) is 16.8 Å². The van der Waals surface area contributed by atoms with Gasteiger partial charge in [0.15, 0.2) is 0 Å². The molecule has 6 nitrogen and oxygen atoms in total. The number of halogens is 1. The number of nitrogens with one attached hydrogen (secondary N) is 1. The molecule has 1 aromatic heterocycles. The number of benzene rings is 1. The van der Waals surface area contributed by atoms with Crippen molar-refractivity contribution < 1.29 is 9.63 Å². The SMILES string of the molecule is C=C(/N=C(/C)ON)C(CC1CC1)NC(=O)c1cccc(-c2cccc(Cl)c2)n1. The fourth-order valence-corrected chi connectivity index (χ4v) is 3.06. The molecule has 0 saturated heterocycles. The first-order valence-corrected chi connectivity index (χ1v) is 9.48. The van der Waals surface area contributed by atoms with E-state index < -0.39 is 0 Å². The van der Waals surface area contributed by atoms with Crippen LogP contribution >= 0.6 is 11.6 Å². The van der Waals surface area contributed by atoms with Gasteiger partial charge < -0.3 is 10.2 Å². The zero-order chi connectivity index (χ0) is 20.1. The van der Waals surface area contributed by atoms with Gasteiger partial charge in [0.1, 0.15) is 5.69 Å². The van der Waals surface area contributed by atoms with Gasteiger partial charge in [-0.05, 0) is 36.6 Å². The van der Waals surface area contributed by atoms with Crippen LogP contribution < -0.4 is 11.2 Å². The Balaban J connectivity index is 1.78. The first kappa shape index (κ1) is 20.0. The Hall–Kier alpha value is -2.70. The molecule has 0 bridgehead atoms. The molecule has 1 aliphatic carbocycles. The highest BCUT2D eigenvalue weighted by molar-refractivity contribution is 6.30. The number of nitrogens with two attached hydrogens (primary N) is 1. The quantitative estimate of drug-likeness (QED) is 0.417. The van der Waals surface area contributed by atoms with Crippen LogP contribution in [0.2, 0.25) is 5.02 Å². The van der Waals surface area contributed by atoms with Gasteiger partial charge in [-0.25, -0.2) is 9.98 Å². The smallest absolute Gasteiger partial charge is 0.270 e. The number of amides is 1. The number of carbonyl (C=O) groups excluding carboxylic acids is 1. The number of carbonyl (C=O) groups is 1. The number of rotatable bonds is 7. The second-order valence-corrected chi connectivity index (χ2v) is 7.30. The molecule has 7 heteroatoms. The highest BCUT2D eigenvalue weighted by Crippen LogP contribution is 2.35. The van der Waals surface area contributed by atoms with Crippen LogP contribution in [0.3, 0.4) is 0 Å². The fourth-order valence-electron chi connectivity index (χ4n) is 2.87. The lowest BCUT2D eigenvalue weighted by Gasteiger charge is -2.19. The first-order valence-electron chi connectivity index (χ1n) is 9.11. The number of pyridine rings is 1. The van der Waals surface area contributed by atoms with Crippen LogP contribution in [0.1, 0.15) is 36.7 Å². The van der Waals surface area contributed by atoms with Crippen molar-refractivity contribution in [1.29, 1.82) is 0 Å². The minimum absolute atomic E-state index is 0.280. The molecule has 1 aromatic carbocycles. The molecule has 1 aliphatic rings. The summed E-state index contributed by atoms with van der Waals surface area (Å²) in [6.45, 7) is 5.61. The maximum Gasteiger partial charge on any atom is 0.270 e. The number of aliphatic imine (C=N–C) groups is 1. The Bertz CT molecular complexity index is 909. The lowest BCUT2D eigenvalue weighted by molar-refractivity contribution is 0.0935. The van der Waals surface area contributed by atoms with E-state index in [0.717, 1.165) is 24.8 Å². The molecule has 3 rings (SSSR count). The van der Waals surface area contributed by atoms with Crippen LogP contribution in [0.5, 0.6) is 0 Å². The molecule has 146 valence electrons. The van der Waals surface area contributed by atoms with Gasteiger partial charge in [0.25, 0.3) is 5.91 Å². The molecule has 1 saturated carbocycles. The van der Waals surface area contributed by atoms with Crippen molar-refractivity contribution in [2.75, 3.05) is 0 Å². The van der Waals surface area contributed by atoms with Crippen molar-refractivity contribution in [3.63, 3.8) is 0 Å². The zero-order valence-corrected chi connectivity index (χ0v) is 16.4. The van der Waals surface area contributed by atoms with Crippen LogP contribution in [0.15, 0.2) is 59.7 Å². The van der Waals surface area contributed by atoms with E-state index in [1.165, 1.54) is 0 Å². The predicted octanol–water partition coefficient (Wildman–Crippen LogP) is 4.12. The first-order chi connectivity index (χ1) is 13.5. The summed E-state index contributed by atoms with van der Waals surface area (Å²) in [5, 5.41) is 3.61. The second-order valence-electron chi connectivity index (χ2n) is 6.86. The average Bonchev–Trinajstić information content (AvgIpc) is 3.51. The molecule has 1 unspecified atom stereocenters. The summed E-state index contributed by atoms with van der Waals surface area (Å²) in [6.07, 6.45) is 3.08. The molecular formula is C21H23ClN4O2. The molecular weight excluding hydrogens is 376 g/mol. The summed E-state index contributed by atoms with van der Waals surface area (Å²) in [4.78, 5) is 26.1. The third-order valence-electron chi connectivity index (χ3n) is 4.55. The van der Waals surface area contributed by atoms with Crippen molar-refractivity contribution in [2.45, 2.75) is 32.2 Å². The lowest BCUT2D eigenvalue weighted by Crippen LogP contribution is -2.37. The van der Waals surface area contributed by atoms with E-state index in [2.05, 4.69) is 26.7 Å². The molecule has 1 amide bonds. The van der Waals surface area contributed by atoms with Gasteiger partial charge in [-0.3, -0.25) is 4.79 Å². The Morgan fingerprint density at radius 1 is 1.39 bits per heavy atom. The molecule has 0 spiro atoms. The largest absolute Gasteiger partial charge is 0.396 e. The summed E-state index contributed by atoms with van der Waals surface area (Å²) in [6, 6.07) is 12.4. The van der Waals surface area contributed by atoms with E-state index in [4.69, 9.17) is 17.5 Å². The Morgan fingerprint density at radius 3 is 2.82 bits per heavy atom. The van der Waals surface area contributed by atoms with E-state index in [-0.39, 0.29) is 11.9 Å². The third-order valence-corrected chi connectivity index (χ3v) is 4.78. The van der Waals surface area contributed by atoms with Gasteiger partial charge in [0.2, 0.25) is 5.90 Å². The van der Waals surface area contributed by atoms with Crippen LogP contribution in [0.25, 0.3) is 11.3 Å². The second kappa shape index (κ2) is 8.99. The summed E-state index contributed by atoms with van der Waals surface area (Å²) in [5.41, 5.74) is 2.36. The van der Waals surface area contributed by atoms with Crippen LogP contribution in [0.4, 0.5) is 0 Å². The molecule has 2 aromatic rings. The van der Waals surface area contributed by atoms with Crippen LogP contribution in [-0.4, -0.2) is 22.8 Å². The standard InChI is InChI=1S/C21H23ClN4O2/c1-13(24-14(2)28-23)20(11-15-9-10-15)26-21(27)19-8-4-7-18(25-19)16-5-3-6-17(22)12-16/h3-8,12,15,20H,1,9-11,23H2,2H3,(H,26,27)/b24-14-. The Labute approximate surface area is 169 Å².